The van der Waals surface area contributed by atoms with Crippen LogP contribution in [-0.4, -0.2) is 19.6 Å². The van der Waals surface area contributed by atoms with E-state index in [4.69, 9.17) is 4.74 Å². The van der Waals surface area contributed by atoms with Crippen LogP contribution in [0.1, 0.15) is 6.92 Å². The lowest BCUT2D eigenvalue weighted by Crippen LogP contribution is -2.49. The SMILES string of the molecule is C=C(C)C(=O)OC(Br)(Br)C(Br)(Br)C(Br)C(Br)(Br)Br. The third-order valence-electron chi connectivity index (χ3n) is 1.56. The van der Waals surface area contributed by atoms with Crippen molar-refractivity contribution in [2.45, 2.75) is 20.5 Å². The fourth-order valence-electron chi connectivity index (χ4n) is 0.625. The topological polar surface area (TPSA) is 26.3 Å². The number of alkyl halides is 8. The molecule has 10 heteroatoms. The maximum Gasteiger partial charge on any atom is 0.335 e. The van der Waals surface area contributed by atoms with E-state index >= 15 is 0 Å². The summed E-state index contributed by atoms with van der Waals surface area (Å²) in [5.74, 6) is -0.531. The van der Waals surface area contributed by atoms with Gasteiger partial charge in [0.15, 0.2) is 3.23 Å². The molecular weight excluding hydrogens is 767 g/mol. The van der Waals surface area contributed by atoms with Gasteiger partial charge in [0, 0.05) is 5.57 Å². The average Bonchev–Trinajstić information content (AvgIpc) is 2.13. The molecule has 0 bridgehead atoms. The predicted octanol–water partition coefficient (Wildman–Crippen LogP) is 6.64. The highest BCUT2D eigenvalue weighted by molar-refractivity contribution is 9.40. The second kappa shape index (κ2) is 7.55. The molecule has 106 valence electrons. The van der Waals surface area contributed by atoms with Crippen molar-refractivity contribution in [2.24, 2.45) is 0 Å². The van der Waals surface area contributed by atoms with Crippen LogP contribution in [0.25, 0.3) is 0 Å². The van der Waals surface area contributed by atoms with Crippen LogP contribution in [0.3, 0.4) is 0 Å². The van der Waals surface area contributed by atoms with Crippen LogP contribution in [0, 0.1) is 0 Å². The Morgan fingerprint density at radius 1 is 1.11 bits per heavy atom. The van der Waals surface area contributed by atoms with Crippen LogP contribution in [0.15, 0.2) is 12.2 Å². The third kappa shape index (κ3) is 5.68. The molecule has 0 rings (SSSR count). The smallest absolute Gasteiger partial charge is 0.335 e. The molecule has 0 amide bonds. The van der Waals surface area contributed by atoms with E-state index in [0.29, 0.717) is 5.57 Å². The lowest BCUT2D eigenvalue weighted by Gasteiger charge is -2.40. The Balaban J connectivity index is 5.20. The van der Waals surface area contributed by atoms with Gasteiger partial charge in [0.05, 0.1) is 4.83 Å². The van der Waals surface area contributed by atoms with Crippen molar-refractivity contribution in [2.75, 3.05) is 0 Å². The zero-order valence-electron chi connectivity index (χ0n) is 8.62. The summed E-state index contributed by atoms with van der Waals surface area (Å²) in [6.45, 7) is 5.10. The molecule has 0 aliphatic heterocycles. The van der Waals surface area contributed by atoms with E-state index in [-0.39, 0.29) is 4.83 Å². The standard InChI is InChI=1S/C8H6Br8O2/c1-3(2)4(17)18-8(15,16)6(10,11)5(9)7(12,13)14/h5H,1H2,2H3. The van der Waals surface area contributed by atoms with Crippen LogP contribution >= 0.6 is 127 Å². The molecule has 0 aromatic rings. The van der Waals surface area contributed by atoms with E-state index in [1.165, 1.54) is 0 Å². The Kier molecular flexibility index (Phi) is 8.83. The molecule has 0 N–H and O–H groups in total. The molecule has 1 unspecified atom stereocenters. The summed E-state index contributed by atoms with van der Waals surface area (Å²) < 4.78 is 2.55. The Bertz CT molecular complexity index is 345. The molecule has 1 atom stereocenters. The number of esters is 1. The summed E-state index contributed by atoms with van der Waals surface area (Å²) in [5, 5.41) is 0. The van der Waals surface area contributed by atoms with Gasteiger partial charge in [0.2, 0.25) is 3.42 Å². The Morgan fingerprint density at radius 2 is 1.50 bits per heavy atom. The van der Waals surface area contributed by atoms with Gasteiger partial charge in [-0.25, -0.2) is 4.79 Å². The normalized spacial score (nSPS) is 15.2. The molecule has 0 aliphatic rings. The molecule has 0 aromatic heterocycles. The molecule has 0 saturated carbocycles. The molecule has 18 heavy (non-hydrogen) atoms. The summed E-state index contributed by atoms with van der Waals surface area (Å²) in [6.07, 6.45) is 0. The fraction of sp³-hybridized carbons (Fsp3) is 0.625. The van der Waals surface area contributed by atoms with Gasteiger partial charge in [0.1, 0.15) is 2.14 Å². The van der Waals surface area contributed by atoms with Crippen molar-refractivity contribution < 1.29 is 9.53 Å². The van der Waals surface area contributed by atoms with E-state index in [1.807, 2.05) is 0 Å². The van der Waals surface area contributed by atoms with Gasteiger partial charge in [-0.3, -0.25) is 0 Å². The number of rotatable bonds is 4. The van der Waals surface area contributed by atoms with Crippen LogP contribution < -0.4 is 0 Å². The summed E-state index contributed by atoms with van der Waals surface area (Å²) in [5.41, 5.74) is 0.294. The molecule has 0 radical (unpaired) electrons. The summed E-state index contributed by atoms with van der Waals surface area (Å²) in [6, 6.07) is 0. The second-order valence-corrected chi connectivity index (χ2v) is 17.9. The monoisotopic (exact) mass is 765 g/mol. The first-order valence-corrected chi connectivity index (χ1v) is 10.6. The van der Waals surface area contributed by atoms with Gasteiger partial charge in [0.25, 0.3) is 0 Å². The van der Waals surface area contributed by atoms with E-state index in [1.54, 1.807) is 6.92 Å². The molecule has 0 aliphatic carbocycles. The molecule has 2 nitrogen and oxygen atoms in total. The Hall–Kier alpha value is 3.05. The van der Waals surface area contributed by atoms with Gasteiger partial charge in [-0.15, -0.1) is 0 Å². The molecule has 0 fully saturated rings. The van der Waals surface area contributed by atoms with Gasteiger partial charge in [-0.2, -0.15) is 0 Å². The van der Waals surface area contributed by atoms with Crippen LogP contribution in [-0.2, 0) is 9.53 Å². The zero-order chi connectivity index (χ0) is 14.9. The Labute approximate surface area is 173 Å². The highest BCUT2D eigenvalue weighted by Gasteiger charge is 2.57. The van der Waals surface area contributed by atoms with E-state index in [9.17, 15) is 4.79 Å². The van der Waals surface area contributed by atoms with E-state index in [2.05, 4.69) is 134 Å². The highest BCUT2D eigenvalue weighted by atomic mass is 80.0. The number of hydrogen-bond donors (Lipinski definition) is 0. The quantitative estimate of drug-likeness (QED) is 0.182. The molecular formula is C8H6Br8O2. The Morgan fingerprint density at radius 3 is 1.78 bits per heavy atom. The van der Waals surface area contributed by atoms with Gasteiger partial charge in [-0.1, -0.05) is 102 Å². The summed E-state index contributed by atoms with van der Waals surface area (Å²) in [7, 11) is 0. The van der Waals surface area contributed by atoms with Crippen molar-refractivity contribution in [3.8, 4) is 0 Å². The maximum absolute atomic E-state index is 11.6. The minimum Gasteiger partial charge on any atom is -0.431 e. The van der Waals surface area contributed by atoms with Crippen LogP contribution in [0.5, 0.6) is 0 Å². The van der Waals surface area contributed by atoms with Gasteiger partial charge >= 0.3 is 5.97 Å². The maximum atomic E-state index is 11.6. The van der Waals surface area contributed by atoms with Crippen molar-refractivity contribution in [1.82, 2.24) is 0 Å². The predicted molar refractivity (Wildman–Crippen MR) is 104 cm³/mol. The highest BCUT2D eigenvalue weighted by Crippen LogP contribution is 2.59. The zero-order valence-corrected chi connectivity index (χ0v) is 21.3. The minimum absolute atomic E-state index is 0.294. The molecule has 0 aromatic carbocycles. The van der Waals surface area contributed by atoms with Crippen LogP contribution in [0.4, 0.5) is 0 Å². The van der Waals surface area contributed by atoms with Crippen molar-refractivity contribution in [3.63, 3.8) is 0 Å². The first kappa shape index (κ1) is 21.0. The first-order valence-electron chi connectivity index (χ1n) is 4.08. The lowest BCUT2D eigenvalue weighted by atomic mass is 10.3. The molecule has 0 heterocycles. The van der Waals surface area contributed by atoms with Crippen molar-refractivity contribution >= 4 is 133 Å². The minimum atomic E-state index is -1.21. The summed E-state index contributed by atoms with van der Waals surface area (Å²) in [4.78, 5) is 11.3. The summed E-state index contributed by atoms with van der Waals surface area (Å²) >= 11 is 27.2. The van der Waals surface area contributed by atoms with Crippen molar-refractivity contribution in [3.05, 3.63) is 12.2 Å². The van der Waals surface area contributed by atoms with Crippen molar-refractivity contribution in [1.29, 1.82) is 0 Å². The fourth-order valence-corrected chi connectivity index (χ4v) is 6.04. The third-order valence-corrected chi connectivity index (χ3v) is 13.1. The van der Waals surface area contributed by atoms with Crippen LogP contribution in [0.2, 0.25) is 0 Å². The number of ether oxygens (including phenoxy) is 1. The first-order chi connectivity index (χ1) is 7.73. The molecule has 0 saturated heterocycles. The number of carbonyl (C=O) groups is 1. The number of halogens is 8. The largest absolute Gasteiger partial charge is 0.431 e. The number of carbonyl (C=O) groups excluding carboxylic acids is 1. The average molecular weight is 773 g/mol. The second-order valence-electron chi connectivity index (χ2n) is 3.21. The van der Waals surface area contributed by atoms with E-state index in [0.717, 1.165) is 0 Å². The van der Waals surface area contributed by atoms with Gasteiger partial charge < -0.3 is 4.74 Å². The number of hydrogen-bond acceptors (Lipinski definition) is 2. The van der Waals surface area contributed by atoms with E-state index < -0.39 is 14.8 Å². The van der Waals surface area contributed by atoms with Gasteiger partial charge in [-0.05, 0) is 38.8 Å². The molecule has 0 spiro atoms. The lowest BCUT2D eigenvalue weighted by molar-refractivity contribution is -0.141.